The minimum Gasteiger partial charge on any atom is -0.390 e. The van der Waals surface area contributed by atoms with Crippen molar-refractivity contribution in [3.05, 3.63) is 18.5 Å². The number of likely N-dealkylation sites (tertiary alicyclic amines) is 1. The van der Waals surface area contributed by atoms with Crippen LogP contribution in [-0.4, -0.2) is 58.2 Å². The van der Waals surface area contributed by atoms with Gasteiger partial charge in [-0.2, -0.15) is 5.10 Å². The molecule has 5 heteroatoms. The number of aromatic nitrogens is 2. The Morgan fingerprint density at radius 3 is 2.65 bits per heavy atom. The van der Waals surface area contributed by atoms with Crippen molar-refractivity contribution in [2.75, 3.05) is 26.2 Å². The predicted molar refractivity (Wildman–Crippen MR) is 78.5 cm³/mol. The Morgan fingerprint density at radius 1 is 1.30 bits per heavy atom. The Hall–Kier alpha value is -0.910. The van der Waals surface area contributed by atoms with Gasteiger partial charge in [0.2, 0.25) is 0 Å². The molecule has 0 bridgehead atoms. The van der Waals surface area contributed by atoms with Crippen molar-refractivity contribution in [3.63, 3.8) is 0 Å². The van der Waals surface area contributed by atoms with Crippen molar-refractivity contribution in [2.24, 2.45) is 5.92 Å². The summed E-state index contributed by atoms with van der Waals surface area (Å²) < 4.78 is 7.66. The molecule has 1 N–H and O–H groups in total. The molecule has 1 saturated heterocycles. The highest BCUT2D eigenvalue weighted by Crippen LogP contribution is 2.15. The van der Waals surface area contributed by atoms with Crippen molar-refractivity contribution in [1.29, 1.82) is 0 Å². The molecule has 1 fully saturated rings. The van der Waals surface area contributed by atoms with Gasteiger partial charge in [0.25, 0.3) is 0 Å². The molecule has 1 aliphatic rings. The van der Waals surface area contributed by atoms with Gasteiger partial charge in [-0.1, -0.05) is 13.8 Å². The normalized spacial score (nSPS) is 19.6. The number of aliphatic hydroxyl groups excluding tert-OH is 1. The summed E-state index contributed by atoms with van der Waals surface area (Å²) in [5.74, 6) is 0.601. The largest absolute Gasteiger partial charge is 0.390 e. The maximum absolute atomic E-state index is 10.1. The molecule has 2 rings (SSSR count). The van der Waals surface area contributed by atoms with Crippen molar-refractivity contribution < 1.29 is 9.84 Å². The zero-order valence-electron chi connectivity index (χ0n) is 12.6. The lowest BCUT2D eigenvalue weighted by atomic mass is 10.1. The number of nitrogens with zero attached hydrogens (tertiary/aromatic N) is 3. The lowest BCUT2D eigenvalue weighted by Crippen LogP contribution is -2.42. The van der Waals surface area contributed by atoms with Crippen LogP contribution in [0.3, 0.4) is 0 Å². The standard InChI is InChI=1S/C15H27N3O2/c1-13(2)12-20-15-4-8-17(9-5-15)10-14(19)11-18-7-3-6-16-18/h3,6-7,13-15,19H,4-5,8-12H2,1-2H3. The van der Waals surface area contributed by atoms with Crippen LogP contribution >= 0.6 is 0 Å². The molecule has 1 aliphatic heterocycles. The third-order valence-corrected chi connectivity index (χ3v) is 3.63. The van der Waals surface area contributed by atoms with Gasteiger partial charge < -0.3 is 14.7 Å². The fraction of sp³-hybridized carbons (Fsp3) is 0.800. The Bertz CT molecular complexity index is 359. The van der Waals surface area contributed by atoms with Gasteiger partial charge in [0, 0.05) is 38.6 Å². The van der Waals surface area contributed by atoms with Crippen LogP contribution in [0.2, 0.25) is 0 Å². The van der Waals surface area contributed by atoms with Crippen molar-refractivity contribution in [1.82, 2.24) is 14.7 Å². The zero-order chi connectivity index (χ0) is 14.4. The molecular weight excluding hydrogens is 254 g/mol. The highest BCUT2D eigenvalue weighted by atomic mass is 16.5. The fourth-order valence-corrected chi connectivity index (χ4v) is 2.57. The molecule has 1 unspecified atom stereocenters. The molecule has 1 aromatic heterocycles. The maximum Gasteiger partial charge on any atom is 0.0862 e. The van der Waals surface area contributed by atoms with Gasteiger partial charge >= 0.3 is 0 Å². The molecule has 1 atom stereocenters. The number of ether oxygens (including phenoxy) is 1. The van der Waals surface area contributed by atoms with E-state index in [1.807, 2.05) is 12.3 Å². The van der Waals surface area contributed by atoms with E-state index in [-0.39, 0.29) is 6.10 Å². The molecule has 0 aliphatic carbocycles. The predicted octanol–water partition coefficient (Wildman–Crippen LogP) is 1.38. The van der Waals surface area contributed by atoms with Crippen LogP contribution in [-0.2, 0) is 11.3 Å². The summed E-state index contributed by atoms with van der Waals surface area (Å²) in [6.45, 7) is 8.53. The molecule has 0 saturated carbocycles. The molecule has 114 valence electrons. The topological polar surface area (TPSA) is 50.5 Å². The first-order valence-electron chi connectivity index (χ1n) is 7.63. The molecule has 0 spiro atoms. The Kier molecular flexibility index (Phi) is 6.01. The van der Waals surface area contributed by atoms with Crippen LogP contribution < -0.4 is 0 Å². The van der Waals surface area contributed by atoms with E-state index in [1.54, 1.807) is 10.9 Å². The third-order valence-electron chi connectivity index (χ3n) is 3.63. The number of rotatable bonds is 7. The van der Waals surface area contributed by atoms with E-state index < -0.39 is 0 Å². The van der Waals surface area contributed by atoms with Crippen LogP contribution in [0, 0.1) is 5.92 Å². The average molecular weight is 281 g/mol. The fourth-order valence-electron chi connectivity index (χ4n) is 2.57. The number of hydrogen-bond acceptors (Lipinski definition) is 4. The summed E-state index contributed by atoms with van der Waals surface area (Å²) in [4.78, 5) is 2.32. The second-order valence-corrected chi connectivity index (χ2v) is 6.11. The van der Waals surface area contributed by atoms with E-state index in [9.17, 15) is 5.11 Å². The summed E-state index contributed by atoms with van der Waals surface area (Å²) in [5, 5.41) is 14.2. The van der Waals surface area contributed by atoms with E-state index >= 15 is 0 Å². The Morgan fingerprint density at radius 2 is 2.05 bits per heavy atom. The van der Waals surface area contributed by atoms with Gasteiger partial charge in [0.15, 0.2) is 0 Å². The van der Waals surface area contributed by atoms with E-state index in [0.717, 1.165) is 39.1 Å². The summed E-state index contributed by atoms with van der Waals surface area (Å²) in [6.07, 6.45) is 5.81. The van der Waals surface area contributed by atoms with Gasteiger partial charge in [0.05, 0.1) is 18.8 Å². The summed E-state index contributed by atoms with van der Waals surface area (Å²) >= 11 is 0. The second kappa shape index (κ2) is 7.76. The van der Waals surface area contributed by atoms with Crippen LogP contribution in [0.15, 0.2) is 18.5 Å². The average Bonchev–Trinajstić information content (AvgIpc) is 2.90. The molecule has 5 nitrogen and oxygen atoms in total. The SMILES string of the molecule is CC(C)COC1CCN(CC(O)Cn2cccn2)CC1. The van der Waals surface area contributed by atoms with E-state index in [0.29, 0.717) is 18.6 Å². The molecule has 20 heavy (non-hydrogen) atoms. The van der Waals surface area contributed by atoms with Crippen LogP contribution in [0.1, 0.15) is 26.7 Å². The number of hydrogen-bond donors (Lipinski definition) is 1. The Labute approximate surface area is 121 Å². The lowest BCUT2D eigenvalue weighted by molar-refractivity contribution is -0.0135. The van der Waals surface area contributed by atoms with Crippen molar-refractivity contribution in [3.8, 4) is 0 Å². The van der Waals surface area contributed by atoms with Crippen LogP contribution in [0.5, 0.6) is 0 Å². The van der Waals surface area contributed by atoms with Crippen LogP contribution in [0.4, 0.5) is 0 Å². The highest BCUT2D eigenvalue weighted by molar-refractivity contribution is 4.80. The summed E-state index contributed by atoms with van der Waals surface area (Å²) in [7, 11) is 0. The molecule has 0 amide bonds. The van der Waals surface area contributed by atoms with Gasteiger partial charge in [-0.15, -0.1) is 0 Å². The summed E-state index contributed by atoms with van der Waals surface area (Å²) in [6, 6.07) is 1.88. The lowest BCUT2D eigenvalue weighted by Gasteiger charge is -2.33. The maximum atomic E-state index is 10.1. The molecule has 0 radical (unpaired) electrons. The quantitative estimate of drug-likeness (QED) is 0.820. The van der Waals surface area contributed by atoms with Gasteiger partial charge in [-0.05, 0) is 24.8 Å². The van der Waals surface area contributed by atoms with Crippen LogP contribution in [0.25, 0.3) is 0 Å². The third kappa shape index (κ3) is 5.23. The van der Waals surface area contributed by atoms with Gasteiger partial charge in [0.1, 0.15) is 0 Å². The number of piperidine rings is 1. The first kappa shape index (κ1) is 15.5. The van der Waals surface area contributed by atoms with Crippen molar-refractivity contribution >= 4 is 0 Å². The molecule has 2 heterocycles. The van der Waals surface area contributed by atoms with Gasteiger partial charge in [-0.3, -0.25) is 4.68 Å². The number of aliphatic hydroxyl groups is 1. The zero-order valence-corrected chi connectivity index (χ0v) is 12.6. The van der Waals surface area contributed by atoms with E-state index in [1.165, 1.54) is 0 Å². The second-order valence-electron chi connectivity index (χ2n) is 6.11. The molecule has 1 aromatic rings. The smallest absolute Gasteiger partial charge is 0.0862 e. The molecular formula is C15H27N3O2. The molecule has 0 aromatic carbocycles. The van der Waals surface area contributed by atoms with Crippen molar-refractivity contribution in [2.45, 2.75) is 45.4 Å². The summed E-state index contributed by atoms with van der Waals surface area (Å²) in [5.41, 5.74) is 0. The number of β-amino-alcohol motifs (C(OH)–C–C–N with tert-alkyl or cyclic N) is 1. The first-order chi connectivity index (χ1) is 9.63. The van der Waals surface area contributed by atoms with Gasteiger partial charge in [-0.25, -0.2) is 0 Å². The van der Waals surface area contributed by atoms with E-state index in [2.05, 4.69) is 23.8 Å². The Balaban J connectivity index is 1.63. The monoisotopic (exact) mass is 281 g/mol. The first-order valence-corrected chi connectivity index (χ1v) is 7.63. The highest BCUT2D eigenvalue weighted by Gasteiger charge is 2.21. The minimum atomic E-state index is -0.358. The minimum absolute atomic E-state index is 0.358. The van der Waals surface area contributed by atoms with E-state index in [4.69, 9.17) is 4.74 Å².